The quantitative estimate of drug-likeness (QED) is 0.172. The molecule has 50 heavy (non-hydrogen) atoms. The number of hydrogen-bond acceptors (Lipinski definition) is 6. The lowest BCUT2D eigenvalue weighted by molar-refractivity contribution is 1.07. The van der Waals surface area contributed by atoms with Gasteiger partial charge in [-0.05, 0) is 29.3 Å². The first kappa shape index (κ1) is 30.2. The summed E-state index contributed by atoms with van der Waals surface area (Å²) in [5, 5.41) is 9.76. The molecule has 0 fully saturated rings. The normalized spacial score (nSPS) is 10.8. The van der Waals surface area contributed by atoms with Crippen LogP contribution in [-0.4, -0.2) is 24.9 Å². The van der Waals surface area contributed by atoms with Gasteiger partial charge in [0.15, 0.2) is 23.3 Å². The van der Waals surface area contributed by atoms with E-state index in [1.165, 1.54) is 0 Å². The van der Waals surface area contributed by atoms with Crippen LogP contribution in [-0.2, 0) is 0 Å². The topological polar surface area (TPSA) is 88.2 Å². The zero-order valence-electron chi connectivity index (χ0n) is 26.8. The number of nitrogens with zero attached hydrogens (tertiary/aromatic N) is 6. The molecule has 0 amide bonds. The average Bonchev–Trinajstić information content (AvgIpc) is 3.21. The Labute approximate surface area is 290 Å². The van der Waals surface area contributed by atoms with Crippen LogP contribution in [0, 0.1) is 11.3 Å². The number of rotatable bonds is 7. The second-order valence-corrected chi connectivity index (χ2v) is 11.7. The Morgan fingerprint density at radius 1 is 0.320 bits per heavy atom. The third-order valence-electron chi connectivity index (χ3n) is 8.44. The van der Waals surface area contributed by atoms with Crippen molar-refractivity contribution in [2.24, 2.45) is 0 Å². The van der Waals surface area contributed by atoms with Crippen molar-refractivity contribution in [3.05, 3.63) is 175 Å². The second kappa shape index (κ2) is 13.6. The molecule has 8 aromatic rings. The van der Waals surface area contributed by atoms with Crippen molar-refractivity contribution in [3.63, 3.8) is 0 Å². The van der Waals surface area contributed by atoms with Gasteiger partial charge in [0.2, 0.25) is 0 Å². The molecule has 0 saturated carbocycles. The molecule has 0 spiro atoms. The summed E-state index contributed by atoms with van der Waals surface area (Å²) >= 11 is 0. The molecule has 234 valence electrons. The van der Waals surface area contributed by atoms with Gasteiger partial charge in [-0.3, -0.25) is 0 Å². The average molecular weight is 641 g/mol. The molecule has 0 saturated heterocycles. The van der Waals surface area contributed by atoms with Crippen molar-refractivity contribution in [2.45, 2.75) is 0 Å². The lowest BCUT2D eigenvalue weighted by Crippen LogP contribution is -2.01. The minimum Gasteiger partial charge on any atom is -0.228 e. The van der Waals surface area contributed by atoms with E-state index in [2.05, 4.69) is 66.7 Å². The Morgan fingerprint density at radius 3 is 1.16 bits per heavy atom. The first-order chi connectivity index (χ1) is 24.7. The summed E-state index contributed by atoms with van der Waals surface area (Å²) < 4.78 is 0. The van der Waals surface area contributed by atoms with Crippen LogP contribution in [0.4, 0.5) is 0 Å². The summed E-state index contributed by atoms with van der Waals surface area (Å²) in [6, 6.07) is 58.4. The van der Waals surface area contributed by atoms with E-state index in [0.717, 1.165) is 50.3 Å². The molecule has 0 aliphatic carbocycles. The van der Waals surface area contributed by atoms with Crippen molar-refractivity contribution in [2.75, 3.05) is 0 Å². The SMILES string of the molecule is N#Cc1ccccc1-c1nc(-c2ccccc2)nc(-c2ccc(-c3ccc(-c4nc(-c5ccccc5)cc(-c5ccccc5)n4)cc3)cc2)n1. The molecule has 2 heterocycles. The lowest BCUT2D eigenvalue weighted by atomic mass is 10.0. The zero-order valence-corrected chi connectivity index (χ0v) is 26.8. The summed E-state index contributed by atoms with van der Waals surface area (Å²) in [7, 11) is 0. The Morgan fingerprint density at radius 2 is 0.680 bits per heavy atom. The molecule has 6 aromatic carbocycles. The zero-order chi connectivity index (χ0) is 33.7. The molecule has 0 bridgehead atoms. The minimum atomic E-state index is 0.458. The van der Waals surface area contributed by atoms with Crippen LogP contribution < -0.4 is 0 Å². The van der Waals surface area contributed by atoms with Crippen molar-refractivity contribution in [1.82, 2.24) is 24.9 Å². The number of benzene rings is 6. The fraction of sp³-hybridized carbons (Fsp3) is 0. The van der Waals surface area contributed by atoms with E-state index < -0.39 is 0 Å². The van der Waals surface area contributed by atoms with Gasteiger partial charge in [-0.2, -0.15) is 5.26 Å². The van der Waals surface area contributed by atoms with E-state index >= 15 is 0 Å². The van der Waals surface area contributed by atoms with Crippen LogP contribution >= 0.6 is 0 Å². The predicted octanol–water partition coefficient (Wildman–Crippen LogP) is 10.2. The molecule has 6 nitrogen and oxygen atoms in total. The van der Waals surface area contributed by atoms with E-state index in [1.54, 1.807) is 6.07 Å². The molecule has 0 unspecified atom stereocenters. The van der Waals surface area contributed by atoms with Crippen molar-refractivity contribution in [3.8, 4) is 85.3 Å². The van der Waals surface area contributed by atoms with Crippen molar-refractivity contribution in [1.29, 1.82) is 5.26 Å². The first-order valence-corrected chi connectivity index (χ1v) is 16.2. The second-order valence-electron chi connectivity index (χ2n) is 11.7. The monoisotopic (exact) mass is 640 g/mol. The molecule has 8 rings (SSSR count). The predicted molar refractivity (Wildman–Crippen MR) is 198 cm³/mol. The largest absolute Gasteiger partial charge is 0.228 e. The van der Waals surface area contributed by atoms with E-state index in [9.17, 15) is 5.26 Å². The fourth-order valence-electron chi connectivity index (χ4n) is 5.83. The summed E-state index contributed by atoms with van der Waals surface area (Å²) in [5.74, 6) is 2.21. The van der Waals surface area contributed by atoms with Gasteiger partial charge in [0.1, 0.15) is 0 Å². The molecule has 0 aliphatic rings. The first-order valence-electron chi connectivity index (χ1n) is 16.2. The minimum absolute atomic E-state index is 0.458. The fourth-order valence-corrected chi connectivity index (χ4v) is 5.83. The summed E-state index contributed by atoms with van der Waals surface area (Å²) in [4.78, 5) is 24.4. The highest BCUT2D eigenvalue weighted by atomic mass is 15.0. The van der Waals surface area contributed by atoms with Gasteiger partial charge in [-0.25, -0.2) is 24.9 Å². The molecule has 0 atom stereocenters. The van der Waals surface area contributed by atoms with Crippen LogP contribution in [0.5, 0.6) is 0 Å². The summed E-state index contributed by atoms with van der Waals surface area (Å²) in [6.07, 6.45) is 0. The highest BCUT2D eigenvalue weighted by molar-refractivity contribution is 5.75. The Kier molecular flexibility index (Phi) is 8.20. The maximum Gasteiger partial charge on any atom is 0.165 e. The Bertz CT molecular complexity index is 2400. The molecule has 6 heteroatoms. The Balaban J connectivity index is 1.12. The van der Waals surface area contributed by atoms with Crippen LogP contribution in [0.3, 0.4) is 0 Å². The van der Waals surface area contributed by atoms with Gasteiger partial charge in [-0.1, -0.05) is 152 Å². The van der Waals surface area contributed by atoms with E-state index in [-0.39, 0.29) is 0 Å². The van der Waals surface area contributed by atoms with Crippen molar-refractivity contribution < 1.29 is 0 Å². The van der Waals surface area contributed by atoms with Crippen LogP contribution in [0.1, 0.15) is 5.56 Å². The Hall–Kier alpha value is -7.10. The van der Waals surface area contributed by atoms with E-state index in [0.29, 0.717) is 34.4 Å². The van der Waals surface area contributed by atoms with Crippen molar-refractivity contribution >= 4 is 0 Å². The molecule has 0 N–H and O–H groups in total. The summed E-state index contributed by atoms with van der Waals surface area (Å²) in [5.41, 5.74) is 9.79. The van der Waals surface area contributed by atoms with Crippen LogP contribution in [0.15, 0.2) is 170 Å². The maximum atomic E-state index is 9.76. The standard InChI is InChI=1S/C44H28N6/c45-29-37-18-10-11-19-38(37)44-49-42(34-16-8-3-9-17-34)48-43(50-44)36-26-22-31(23-27-36)30-20-24-35(25-21-30)41-46-39(32-12-4-1-5-13-32)28-40(47-41)33-14-6-2-7-15-33/h1-28H. The smallest absolute Gasteiger partial charge is 0.165 e. The number of aromatic nitrogens is 5. The van der Waals surface area contributed by atoms with Gasteiger partial charge < -0.3 is 0 Å². The molecular weight excluding hydrogens is 613 g/mol. The van der Waals surface area contributed by atoms with Gasteiger partial charge >= 0.3 is 0 Å². The molecule has 0 radical (unpaired) electrons. The highest BCUT2D eigenvalue weighted by Crippen LogP contribution is 2.31. The number of nitriles is 1. The third-order valence-corrected chi connectivity index (χ3v) is 8.44. The molecule has 0 aliphatic heterocycles. The van der Waals surface area contributed by atoms with Gasteiger partial charge in [0, 0.05) is 33.4 Å². The van der Waals surface area contributed by atoms with Crippen LogP contribution in [0.25, 0.3) is 79.2 Å². The third kappa shape index (κ3) is 6.27. The summed E-state index contributed by atoms with van der Waals surface area (Å²) in [6.45, 7) is 0. The lowest BCUT2D eigenvalue weighted by Gasteiger charge is -2.11. The molecular formula is C44H28N6. The highest BCUT2D eigenvalue weighted by Gasteiger charge is 2.15. The van der Waals surface area contributed by atoms with Gasteiger partial charge in [-0.15, -0.1) is 0 Å². The molecule has 2 aromatic heterocycles. The number of hydrogen-bond donors (Lipinski definition) is 0. The van der Waals surface area contributed by atoms with Gasteiger partial charge in [0.05, 0.1) is 23.0 Å². The van der Waals surface area contributed by atoms with E-state index in [1.807, 2.05) is 103 Å². The van der Waals surface area contributed by atoms with Crippen LogP contribution in [0.2, 0.25) is 0 Å². The van der Waals surface area contributed by atoms with Gasteiger partial charge in [0.25, 0.3) is 0 Å². The maximum absolute atomic E-state index is 9.76. The van der Waals surface area contributed by atoms with E-state index in [4.69, 9.17) is 24.9 Å².